The lowest BCUT2D eigenvalue weighted by Gasteiger charge is -2.02. The smallest absolute Gasteiger partial charge is 0.341 e. The molecule has 0 saturated heterocycles. The van der Waals surface area contributed by atoms with E-state index in [0.29, 0.717) is 4.47 Å². The predicted molar refractivity (Wildman–Crippen MR) is 75.4 cm³/mol. The van der Waals surface area contributed by atoms with Gasteiger partial charge in [0.25, 0.3) is 0 Å². The molecule has 0 amide bonds. The van der Waals surface area contributed by atoms with E-state index in [1.165, 1.54) is 29.0 Å². The number of carboxylic acid groups (broad SMARTS) is 1. The first-order valence-corrected chi connectivity index (χ1v) is 6.64. The van der Waals surface area contributed by atoms with Crippen LogP contribution >= 0.6 is 15.9 Å². The molecule has 2 rings (SSSR count). The van der Waals surface area contributed by atoms with Crippen LogP contribution < -0.4 is 17.0 Å². The molecule has 1 heterocycles. The number of carboxylic acids is 1. The molecule has 6 nitrogen and oxygen atoms in total. The van der Waals surface area contributed by atoms with E-state index in [4.69, 9.17) is 5.11 Å². The number of hydrogen-bond donors (Lipinski definition) is 3. The van der Waals surface area contributed by atoms with Gasteiger partial charge >= 0.3 is 5.97 Å². The number of aromatic carboxylic acids is 1. The highest BCUT2D eigenvalue weighted by atomic mass is 79.9. The van der Waals surface area contributed by atoms with Gasteiger partial charge in [0, 0.05) is 5.56 Å². The van der Waals surface area contributed by atoms with Gasteiger partial charge in [0.1, 0.15) is 5.56 Å². The van der Waals surface area contributed by atoms with Gasteiger partial charge in [0.05, 0.1) is 4.47 Å². The number of Topliss-reactive ketones (excluding diaryl/α,β-unsaturated/α-hetero) is 1. The van der Waals surface area contributed by atoms with E-state index in [0.717, 1.165) is 6.07 Å². The predicted octanol–water partition coefficient (Wildman–Crippen LogP) is -1.27. The van der Waals surface area contributed by atoms with E-state index in [1.807, 2.05) is 0 Å². The average molecular weight is 389 g/mol. The fourth-order valence-corrected chi connectivity index (χ4v) is 2.27. The third-order valence-electron chi connectivity index (χ3n) is 2.76. The highest BCUT2D eigenvalue weighted by molar-refractivity contribution is 9.10. The molecule has 2 aromatic rings. The maximum Gasteiger partial charge on any atom is 0.341 e. The van der Waals surface area contributed by atoms with Crippen molar-refractivity contribution in [2.24, 2.45) is 0 Å². The summed E-state index contributed by atoms with van der Waals surface area (Å²) < 4.78 is 1.96. The van der Waals surface area contributed by atoms with Crippen molar-refractivity contribution in [3.05, 3.63) is 52.3 Å². The molecule has 0 aliphatic heterocycles. The number of halogens is 2. The Morgan fingerprint density at radius 2 is 1.73 bits per heavy atom. The van der Waals surface area contributed by atoms with Crippen LogP contribution in [-0.4, -0.2) is 27.1 Å². The van der Waals surface area contributed by atoms with Crippen LogP contribution in [0.2, 0.25) is 0 Å². The molecule has 1 aromatic heterocycles. The van der Waals surface area contributed by atoms with Crippen molar-refractivity contribution in [3.63, 3.8) is 0 Å². The Morgan fingerprint density at radius 1 is 1.05 bits per heavy atom. The molecular formula is C14H11BrClNO5. The molecule has 1 aromatic carbocycles. The molecule has 8 heteroatoms. The fourth-order valence-electron chi connectivity index (χ4n) is 1.76. The third-order valence-corrected chi connectivity index (χ3v) is 3.19. The van der Waals surface area contributed by atoms with Crippen LogP contribution in [-0.2, 0) is 6.54 Å². The van der Waals surface area contributed by atoms with Crippen molar-refractivity contribution in [3.8, 4) is 11.5 Å². The van der Waals surface area contributed by atoms with Crippen molar-refractivity contribution in [2.45, 2.75) is 6.54 Å². The number of benzene rings is 1. The summed E-state index contributed by atoms with van der Waals surface area (Å²) in [6.07, 6.45) is 2.91. The van der Waals surface area contributed by atoms with E-state index in [2.05, 4.69) is 15.9 Å². The monoisotopic (exact) mass is 387 g/mol. The van der Waals surface area contributed by atoms with Gasteiger partial charge in [-0.3, -0.25) is 4.79 Å². The maximum absolute atomic E-state index is 12.1. The Labute approximate surface area is 140 Å². The summed E-state index contributed by atoms with van der Waals surface area (Å²) in [7, 11) is 0. The number of phenolic OH excluding ortho intramolecular Hbond substituents is 2. The second-order valence-electron chi connectivity index (χ2n) is 4.35. The minimum absolute atomic E-state index is 0. The van der Waals surface area contributed by atoms with E-state index in [-0.39, 0.29) is 47.4 Å². The van der Waals surface area contributed by atoms with Crippen LogP contribution in [0.1, 0.15) is 20.7 Å². The Hall–Kier alpha value is -2.12. The van der Waals surface area contributed by atoms with E-state index < -0.39 is 5.97 Å². The molecular weight excluding hydrogens is 378 g/mol. The van der Waals surface area contributed by atoms with Crippen molar-refractivity contribution in [2.75, 3.05) is 0 Å². The van der Waals surface area contributed by atoms with Gasteiger partial charge in [-0.05, 0) is 40.2 Å². The van der Waals surface area contributed by atoms with Gasteiger partial charge in [-0.2, -0.15) is 4.57 Å². The lowest BCUT2D eigenvalue weighted by Crippen LogP contribution is -3.00. The van der Waals surface area contributed by atoms with E-state index in [1.54, 1.807) is 6.20 Å². The third kappa shape index (κ3) is 4.19. The Kier molecular flexibility index (Phi) is 5.90. The van der Waals surface area contributed by atoms with Crippen molar-refractivity contribution in [1.82, 2.24) is 0 Å². The number of rotatable bonds is 4. The first kappa shape index (κ1) is 17.9. The first-order chi connectivity index (χ1) is 9.86. The maximum atomic E-state index is 12.1. The van der Waals surface area contributed by atoms with Gasteiger partial charge in [0.2, 0.25) is 12.3 Å². The van der Waals surface area contributed by atoms with Crippen molar-refractivity contribution < 1.29 is 41.9 Å². The normalized spacial score (nSPS) is 9.86. The molecule has 3 N–H and O–H groups in total. The molecule has 22 heavy (non-hydrogen) atoms. The summed E-state index contributed by atoms with van der Waals surface area (Å²) in [6.45, 7) is -0.0933. The van der Waals surface area contributed by atoms with Crippen LogP contribution in [0, 0.1) is 0 Å². The standard InChI is InChI=1S/C14H10BrNO5.ClH/c15-10-3-9(14(20)21)5-16(6-10)7-13(19)8-1-2-11(17)12(18)4-8;/h1-6H,7H2,(H2-,17,18,19,20,21);1H. The Bertz CT molecular complexity index is 735. The van der Waals surface area contributed by atoms with Gasteiger partial charge < -0.3 is 27.7 Å². The number of hydrogen-bond acceptors (Lipinski definition) is 4. The molecule has 0 saturated carbocycles. The molecule has 0 unspecified atom stereocenters. The zero-order chi connectivity index (χ0) is 15.6. The van der Waals surface area contributed by atoms with E-state index >= 15 is 0 Å². The van der Waals surface area contributed by atoms with Gasteiger partial charge in [-0.1, -0.05) is 0 Å². The SMILES string of the molecule is O=C(O)c1cc(Br)c[n+](CC(=O)c2ccc(O)c(O)c2)c1.[Cl-]. The lowest BCUT2D eigenvalue weighted by molar-refractivity contribution is -0.683. The van der Waals surface area contributed by atoms with Crippen LogP contribution in [0.25, 0.3) is 0 Å². The zero-order valence-corrected chi connectivity index (χ0v) is 13.4. The van der Waals surface area contributed by atoms with Gasteiger partial charge in [0.15, 0.2) is 23.9 Å². The Morgan fingerprint density at radius 3 is 2.32 bits per heavy atom. The summed E-state index contributed by atoms with van der Waals surface area (Å²) in [5.74, 6) is -2.12. The number of phenols is 2. The fraction of sp³-hybridized carbons (Fsp3) is 0.0714. The molecule has 0 radical (unpaired) electrons. The summed E-state index contributed by atoms with van der Waals surface area (Å²) in [6, 6.07) is 5.19. The minimum atomic E-state index is -1.10. The molecule has 0 fully saturated rings. The first-order valence-electron chi connectivity index (χ1n) is 5.85. The van der Waals surface area contributed by atoms with Crippen LogP contribution in [0.5, 0.6) is 11.5 Å². The highest BCUT2D eigenvalue weighted by Gasteiger charge is 2.17. The summed E-state index contributed by atoms with van der Waals surface area (Å²) in [4.78, 5) is 23.1. The molecule has 0 aliphatic carbocycles. The largest absolute Gasteiger partial charge is 1.00 e. The quantitative estimate of drug-likeness (QED) is 0.345. The minimum Gasteiger partial charge on any atom is -1.00 e. The average Bonchev–Trinajstić information content (AvgIpc) is 2.41. The number of carbonyl (C=O) groups is 2. The molecule has 0 aliphatic rings. The van der Waals surface area contributed by atoms with Gasteiger partial charge in [-0.15, -0.1) is 0 Å². The highest BCUT2D eigenvalue weighted by Crippen LogP contribution is 2.25. The summed E-state index contributed by atoms with van der Waals surface area (Å²) >= 11 is 3.18. The second kappa shape index (κ2) is 7.24. The number of aromatic nitrogens is 1. The molecule has 116 valence electrons. The van der Waals surface area contributed by atoms with Gasteiger partial charge in [-0.25, -0.2) is 4.79 Å². The summed E-state index contributed by atoms with van der Waals surface area (Å²) in [5.41, 5.74) is 0.264. The van der Waals surface area contributed by atoms with Crippen molar-refractivity contribution in [1.29, 1.82) is 0 Å². The topological polar surface area (TPSA) is 98.7 Å². The number of nitrogens with zero attached hydrogens (tertiary/aromatic N) is 1. The second-order valence-corrected chi connectivity index (χ2v) is 5.26. The number of aromatic hydroxyl groups is 2. The lowest BCUT2D eigenvalue weighted by atomic mass is 10.1. The number of ketones is 1. The summed E-state index contributed by atoms with van der Waals surface area (Å²) in [5, 5.41) is 27.6. The van der Waals surface area contributed by atoms with E-state index in [9.17, 15) is 19.8 Å². The number of pyridine rings is 1. The van der Waals surface area contributed by atoms with Crippen LogP contribution in [0.4, 0.5) is 0 Å². The molecule has 0 spiro atoms. The van der Waals surface area contributed by atoms with Crippen LogP contribution in [0.15, 0.2) is 41.1 Å². The molecule has 0 bridgehead atoms. The zero-order valence-electron chi connectivity index (χ0n) is 11.0. The molecule has 0 atom stereocenters. The Balaban J connectivity index is 0.00000242. The van der Waals surface area contributed by atoms with Crippen LogP contribution in [0.3, 0.4) is 0 Å². The number of carbonyl (C=O) groups excluding carboxylic acids is 1. The van der Waals surface area contributed by atoms with Crippen molar-refractivity contribution >= 4 is 27.7 Å².